The van der Waals surface area contributed by atoms with E-state index in [1.807, 2.05) is 42.6 Å². The summed E-state index contributed by atoms with van der Waals surface area (Å²) in [4.78, 5) is 4.30. The van der Waals surface area contributed by atoms with Crippen LogP contribution in [0.4, 0.5) is 0 Å². The summed E-state index contributed by atoms with van der Waals surface area (Å²) >= 11 is 0. The van der Waals surface area contributed by atoms with E-state index in [-0.39, 0.29) is 0 Å². The number of ether oxygens (including phenoxy) is 1. The predicted octanol–water partition coefficient (Wildman–Crippen LogP) is 2.42. The van der Waals surface area contributed by atoms with Crippen molar-refractivity contribution in [2.75, 3.05) is 7.11 Å². The van der Waals surface area contributed by atoms with Gasteiger partial charge >= 0.3 is 0 Å². The summed E-state index contributed by atoms with van der Waals surface area (Å²) in [7, 11) is 1.66. The van der Waals surface area contributed by atoms with E-state index in [9.17, 15) is 0 Å². The quantitative estimate of drug-likeness (QED) is 0.704. The lowest BCUT2D eigenvalue weighted by Crippen LogP contribution is -2.02. The molecular formula is C14H14N4O. The average molecular weight is 254 g/mol. The van der Waals surface area contributed by atoms with E-state index in [1.165, 1.54) is 0 Å². The van der Waals surface area contributed by atoms with Gasteiger partial charge in [0.25, 0.3) is 0 Å². The number of rotatable bonds is 2. The highest BCUT2D eigenvalue weighted by atomic mass is 16.5. The summed E-state index contributed by atoms with van der Waals surface area (Å²) in [5, 5.41) is 8.44. The van der Waals surface area contributed by atoms with Crippen molar-refractivity contribution in [2.24, 2.45) is 0 Å². The van der Waals surface area contributed by atoms with Crippen LogP contribution in [0.2, 0.25) is 0 Å². The summed E-state index contributed by atoms with van der Waals surface area (Å²) < 4.78 is 7.36. The van der Waals surface area contributed by atoms with Crippen molar-refractivity contribution in [3.8, 4) is 17.1 Å². The summed E-state index contributed by atoms with van der Waals surface area (Å²) in [6, 6.07) is 6.01. The normalized spacial score (nSPS) is 10.9. The second-order valence-electron chi connectivity index (χ2n) is 4.43. The Labute approximate surface area is 110 Å². The Bertz CT molecular complexity index is 748. The Morgan fingerprint density at radius 1 is 1.16 bits per heavy atom. The highest BCUT2D eigenvalue weighted by molar-refractivity contribution is 5.67. The van der Waals surface area contributed by atoms with E-state index in [0.717, 1.165) is 34.0 Å². The number of methoxy groups -OCH3 is 1. The molecule has 0 aliphatic rings. The van der Waals surface area contributed by atoms with Gasteiger partial charge in [0, 0.05) is 12.4 Å². The molecule has 2 heterocycles. The van der Waals surface area contributed by atoms with Gasteiger partial charge in [0.05, 0.1) is 12.7 Å². The Balaban J connectivity index is 2.30. The molecule has 0 atom stereocenters. The topological polar surface area (TPSA) is 52.3 Å². The second-order valence-corrected chi connectivity index (χ2v) is 4.43. The van der Waals surface area contributed by atoms with Gasteiger partial charge in [-0.1, -0.05) is 6.07 Å². The van der Waals surface area contributed by atoms with Crippen molar-refractivity contribution in [2.45, 2.75) is 13.8 Å². The molecule has 0 aliphatic carbocycles. The maximum atomic E-state index is 5.43. The minimum Gasteiger partial charge on any atom is -0.496 e. The van der Waals surface area contributed by atoms with Crippen molar-refractivity contribution >= 4 is 5.65 Å². The third kappa shape index (κ3) is 1.83. The number of imidazole rings is 1. The molecule has 19 heavy (non-hydrogen) atoms. The van der Waals surface area contributed by atoms with Crippen LogP contribution in [0.1, 0.15) is 11.3 Å². The molecule has 0 amide bonds. The molecular weight excluding hydrogens is 240 g/mol. The molecule has 2 aromatic heterocycles. The smallest absolute Gasteiger partial charge is 0.172 e. The number of benzene rings is 1. The fourth-order valence-corrected chi connectivity index (χ4v) is 2.12. The highest BCUT2D eigenvalue weighted by Gasteiger charge is 2.13. The van der Waals surface area contributed by atoms with E-state index >= 15 is 0 Å². The molecule has 96 valence electrons. The number of nitrogens with zero attached hydrogens (tertiary/aromatic N) is 4. The maximum absolute atomic E-state index is 5.43. The first-order chi connectivity index (χ1) is 9.20. The van der Waals surface area contributed by atoms with Crippen LogP contribution in [0.25, 0.3) is 17.0 Å². The summed E-state index contributed by atoms with van der Waals surface area (Å²) in [6.07, 6.45) is 3.63. The summed E-state index contributed by atoms with van der Waals surface area (Å²) in [5.74, 6) is 1.52. The molecule has 0 bridgehead atoms. The molecule has 3 aromatic rings. The average Bonchev–Trinajstić information content (AvgIpc) is 2.90. The van der Waals surface area contributed by atoms with Gasteiger partial charge in [-0.25, -0.2) is 4.98 Å². The van der Waals surface area contributed by atoms with Crippen molar-refractivity contribution in [1.29, 1.82) is 0 Å². The van der Waals surface area contributed by atoms with Gasteiger partial charge in [0.2, 0.25) is 0 Å². The molecule has 0 N–H and O–H groups in total. The lowest BCUT2D eigenvalue weighted by Gasteiger charge is -2.10. The van der Waals surface area contributed by atoms with E-state index in [0.29, 0.717) is 0 Å². The highest BCUT2D eigenvalue weighted by Crippen LogP contribution is 2.29. The molecule has 0 unspecified atom stereocenters. The third-order valence-electron chi connectivity index (χ3n) is 3.09. The van der Waals surface area contributed by atoms with Crippen LogP contribution in [0, 0.1) is 13.8 Å². The molecule has 0 saturated heterocycles. The Kier molecular flexibility index (Phi) is 2.67. The molecule has 0 spiro atoms. The number of hydrogen-bond acceptors (Lipinski definition) is 4. The maximum Gasteiger partial charge on any atom is 0.172 e. The van der Waals surface area contributed by atoms with Crippen molar-refractivity contribution in [3.05, 3.63) is 41.9 Å². The zero-order valence-corrected chi connectivity index (χ0v) is 11.1. The van der Waals surface area contributed by atoms with E-state index in [2.05, 4.69) is 15.2 Å². The van der Waals surface area contributed by atoms with E-state index in [1.54, 1.807) is 13.3 Å². The molecule has 1 aromatic carbocycles. The molecule has 3 rings (SSSR count). The van der Waals surface area contributed by atoms with Crippen LogP contribution in [-0.2, 0) is 0 Å². The summed E-state index contributed by atoms with van der Waals surface area (Å²) in [6.45, 7) is 3.92. The number of aromatic nitrogens is 4. The van der Waals surface area contributed by atoms with Crippen LogP contribution in [0.15, 0.2) is 30.6 Å². The lowest BCUT2D eigenvalue weighted by atomic mass is 10.1. The van der Waals surface area contributed by atoms with Crippen LogP contribution in [0.5, 0.6) is 5.75 Å². The summed E-state index contributed by atoms with van der Waals surface area (Å²) in [5.41, 5.74) is 3.67. The van der Waals surface area contributed by atoms with E-state index in [4.69, 9.17) is 4.74 Å². The van der Waals surface area contributed by atoms with Gasteiger partial charge in [-0.2, -0.15) is 0 Å². The third-order valence-corrected chi connectivity index (χ3v) is 3.09. The van der Waals surface area contributed by atoms with Gasteiger partial charge in [-0.15, -0.1) is 10.2 Å². The fraction of sp³-hybridized carbons (Fsp3) is 0.214. The molecule has 0 aliphatic heterocycles. The van der Waals surface area contributed by atoms with Crippen LogP contribution < -0.4 is 4.74 Å². The SMILES string of the molecule is COc1cc(C)ccc1-c1nnc(C)c2nccn12. The predicted molar refractivity (Wildman–Crippen MR) is 72.2 cm³/mol. The minimum absolute atomic E-state index is 0.731. The Morgan fingerprint density at radius 3 is 2.79 bits per heavy atom. The lowest BCUT2D eigenvalue weighted by molar-refractivity contribution is 0.415. The number of fused-ring (bicyclic) bond motifs is 1. The largest absolute Gasteiger partial charge is 0.496 e. The Morgan fingerprint density at radius 2 is 2.00 bits per heavy atom. The van der Waals surface area contributed by atoms with Gasteiger partial charge in [0.15, 0.2) is 11.5 Å². The van der Waals surface area contributed by atoms with Crippen LogP contribution >= 0.6 is 0 Å². The standard InChI is InChI=1S/C14H14N4O/c1-9-4-5-11(12(8-9)19-3)14-17-16-10(2)13-15-6-7-18(13)14/h4-8H,1-3H3. The van der Waals surface area contributed by atoms with Gasteiger partial charge in [0.1, 0.15) is 11.4 Å². The van der Waals surface area contributed by atoms with Gasteiger partial charge in [-0.05, 0) is 31.5 Å². The molecule has 5 nitrogen and oxygen atoms in total. The van der Waals surface area contributed by atoms with Gasteiger partial charge in [-0.3, -0.25) is 4.40 Å². The number of aryl methyl sites for hydroxylation is 2. The van der Waals surface area contributed by atoms with Crippen molar-refractivity contribution in [1.82, 2.24) is 19.6 Å². The second kappa shape index (κ2) is 4.35. The van der Waals surface area contributed by atoms with Crippen LogP contribution in [-0.4, -0.2) is 26.7 Å². The van der Waals surface area contributed by atoms with Crippen molar-refractivity contribution < 1.29 is 4.74 Å². The molecule has 0 fully saturated rings. The fourth-order valence-electron chi connectivity index (χ4n) is 2.12. The Hall–Kier alpha value is -2.43. The molecule has 0 saturated carbocycles. The first-order valence-electron chi connectivity index (χ1n) is 6.02. The molecule has 0 radical (unpaired) electrons. The zero-order valence-electron chi connectivity index (χ0n) is 11.1. The first-order valence-corrected chi connectivity index (χ1v) is 6.02. The van der Waals surface area contributed by atoms with Crippen molar-refractivity contribution in [3.63, 3.8) is 0 Å². The minimum atomic E-state index is 0.731. The zero-order chi connectivity index (χ0) is 13.4. The van der Waals surface area contributed by atoms with E-state index < -0.39 is 0 Å². The first kappa shape index (κ1) is 11.6. The monoisotopic (exact) mass is 254 g/mol. The van der Waals surface area contributed by atoms with Crippen LogP contribution in [0.3, 0.4) is 0 Å². The van der Waals surface area contributed by atoms with Gasteiger partial charge < -0.3 is 4.74 Å². The molecule has 5 heteroatoms. The number of hydrogen-bond donors (Lipinski definition) is 0.